The minimum Gasteiger partial charge on any atom is -0.493 e. The number of nitrogens with one attached hydrogen (secondary N) is 1. The number of hydrogen-bond donors (Lipinski definition) is 1. The molecule has 0 amide bonds. The van der Waals surface area contributed by atoms with Gasteiger partial charge in [-0.1, -0.05) is 24.3 Å². The van der Waals surface area contributed by atoms with Crippen LogP contribution in [0.15, 0.2) is 53.3 Å². The molecule has 0 radical (unpaired) electrons. The van der Waals surface area contributed by atoms with E-state index in [-0.39, 0.29) is 5.43 Å². The van der Waals surface area contributed by atoms with Crippen molar-refractivity contribution in [2.45, 2.75) is 32.6 Å². The zero-order valence-electron chi connectivity index (χ0n) is 16.4. The van der Waals surface area contributed by atoms with E-state index in [1.54, 1.807) is 0 Å². The molecule has 146 valence electrons. The van der Waals surface area contributed by atoms with Gasteiger partial charge in [-0.15, -0.1) is 0 Å². The number of benzene rings is 2. The highest BCUT2D eigenvalue weighted by atomic mass is 16.5. The zero-order chi connectivity index (χ0) is 19.3. The summed E-state index contributed by atoms with van der Waals surface area (Å²) < 4.78 is 11.4. The highest BCUT2D eigenvalue weighted by Gasteiger charge is 2.14. The summed E-state index contributed by atoms with van der Waals surface area (Å²) in [7, 11) is 0. The maximum absolute atomic E-state index is 12.6. The van der Waals surface area contributed by atoms with Crippen molar-refractivity contribution in [2.24, 2.45) is 5.92 Å². The van der Waals surface area contributed by atoms with Gasteiger partial charge >= 0.3 is 0 Å². The predicted molar refractivity (Wildman–Crippen MR) is 112 cm³/mol. The molecule has 0 spiro atoms. The van der Waals surface area contributed by atoms with Crippen molar-refractivity contribution in [1.29, 1.82) is 0 Å². The fourth-order valence-electron chi connectivity index (χ4n) is 3.82. The maximum Gasteiger partial charge on any atom is 0.192 e. The summed E-state index contributed by atoms with van der Waals surface area (Å²) in [6.45, 7) is 4.35. The fourth-order valence-corrected chi connectivity index (χ4v) is 3.82. The number of para-hydroxylation sites is 1. The minimum atomic E-state index is 0.123. The van der Waals surface area contributed by atoms with Gasteiger partial charge in [-0.3, -0.25) is 4.79 Å². The van der Waals surface area contributed by atoms with Gasteiger partial charge in [0.05, 0.1) is 6.61 Å². The molecule has 1 aliphatic rings. The molecule has 4 heteroatoms. The summed E-state index contributed by atoms with van der Waals surface area (Å²) in [5.74, 6) is 1.51. The van der Waals surface area contributed by atoms with Gasteiger partial charge in [0.1, 0.15) is 5.75 Å². The fraction of sp³-hybridized carbons (Fsp3) is 0.375. The molecule has 1 fully saturated rings. The van der Waals surface area contributed by atoms with Crippen molar-refractivity contribution in [1.82, 2.24) is 4.98 Å². The molecule has 1 saturated heterocycles. The van der Waals surface area contributed by atoms with E-state index in [4.69, 9.17) is 9.47 Å². The number of pyridine rings is 1. The van der Waals surface area contributed by atoms with Crippen LogP contribution in [0.4, 0.5) is 0 Å². The first-order valence-electron chi connectivity index (χ1n) is 10.1. The third kappa shape index (κ3) is 4.28. The van der Waals surface area contributed by atoms with Crippen LogP contribution in [-0.2, 0) is 17.6 Å². The quantitative estimate of drug-likeness (QED) is 0.691. The van der Waals surface area contributed by atoms with Crippen LogP contribution in [0.5, 0.6) is 5.75 Å². The molecule has 4 rings (SSSR count). The van der Waals surface area contributed by atoms with Crippen LogP contribution in [0.25, 0.3) is 10.9 Å². The second kappa shape index (κ2) is 8.61. The lowest BCUT2D eigenvalue weighted by atomic mass is 10.0. The van der Waals surface area contributed by atoms with Crippen LogP contribution < -0.4 is 10.2 Å². The first kappa shape index (κ1) is 18.8. The minimum absolute atomic E-state index is 0.123. The average molecular weight is 377 g/mol. The Morgan fingerprint density at radius 2 is 1.89 bits per heavy atom. The Hall–Kier alpha value is -2.59. The third-order valence-corrected chi connectivity index (χ3v) is 5.64. The summed E-state index contributed by atoms with van der Waals surface area (Å²) in [5.41, 5.74) is 4.07. The molecule has 28 heavy (non-hydrogen) atoms. The van der Waals surface area contributed by atoms with E-state index in [1.165, 1.54) is 5.56 Å². The maximum atomic E-state index is 12.6. The molecule has 0 atom stereocenters. The molecule has 4 nitrogen and oxygen atoms in total. The highest BCUT2D eigenvalue weighted by molar-refractivity contribution is 5.79. The molecule has 1 N–H and O–H groups in total. The Balaban J connectivity index is 1.43. The molecule has 2 aromatic carbocycles. The molecular weight excluding hydrogens is 350 g/mol. The Labute approximate surface area is 165 Å². The van der Waals surface area contributed by atoms with Gasteiger partial charge in [0.2, 0.25) is 0 Å². The third-order valence-electron chi connectivity index (χ3n) is 5.64. The van der Waals surface area contributed by atoms with Crippen LogP contribution in [0.3, 0.4) is 0 Å². The molecule has 0 bridgehead atoms. The van der Waals surface area contributed by atoms with Gasteiger partial charge in [-0.25, -0.2) is 0 Å². The lowest BCUT2D eigenvalue weighted by molar-refractivity contribution is 0.0497. The number of H-pyrrole nitrogens is 1. The number of ether oxygens (including phenoxy) is 2. The first-order chi connectivity index (χ1) is 13.7. The molecule has 0 saturated carbocycles. The van der Waals surface area contributed by atoms with E-state index in [0.717, 1.165) is 73.4 Å². The topological polar surface area (TPSA) is 51.3 Å². The Morgan fingerprint density at radius 1 is 1.07 bits per heavy atom. The summed E-state index contributed by atoms with van der Waals surface area (Å²) in [5, 5.41) is 0.757. The normalized spacial score (nSPS) is 15.0. The van der Waals surface area contributed by atoms with Gasteiger partial charge in [-0.05, 0) is 68.4 Å². The summed E-state index contributed by atoms with van der Waals surface area (Å²) >= 11 is 0. The van der Waals surface area contributed by atoms with Crippen LogP contribution in [0, 0.1) is 12.8 Å². The lowest BCUT2D eigenvalue weighted by Gasteiger charge is -2.22. The van der Waals surface area contributed by atoms with E-state index < -0.39 is 0 Å². The lowest BCUT2D eigenvalue weighted by Crippen LogP contribution is -2.21. The molecule has 0 aliphatic carbocycles. The van der Waals surface area contributed by atoms with Gasteiger partial charge in [0.25, 0.3) is 0 Å². The van der Waals surface area contributed by atoms with Crippen LogP contribution >= 0.6 is 0 Å². The Bertz CT molecular complexity index is 1000. The first-order valence-corrected chi connectivity index (χ1v) is 10.1. The number of aromatic amines is 1. The van der Waals surface area contributed by atoms with Gasteiger partial charge in [-0.2, -0.15) is 0 Å². The number of hydrogen-bond acceptors (Lipinski definition) is 3. The molecular formula is C24H27NO3. The van der Waals surface area contributed by atoms with E-state index >= 15 is 0 Å². The van der Waals surface area contributed by atoms with Crippen molar-refractivity contribution < 1.29 is 9.47 Å². The van der Waals surface area contributed by atoms with Crippen molar-refractivity contribution >= 4 is 10.9 Å². The SMILES string of the molecule is Cc1c(CCc2cccc(OCC3CCOCC3)c2)[nH]c2ccccc2c1=O. The molecule has 0 unspecified atom stereocenters. The number of aromatic nitrogens is 1. The van der Waals surface area contributed by atoms with Crippen LogP contribution in [0.2, 0.25) is 0 Å². The molecule has 1 aliphatic heterocycles. The number of aryl methyl sites for hydroxylation is 2. The highest BCUT2D eigenvalue weighted by Crippen LogP contribution is 2.20. The second-order valence-electron chi connectivity index (χ2n) is 7.62. The molecule has 3 aromatic rings. The van der Waals surface area contributed by atoms with Gasteiger partial charge < -0.3 is 14.5 Å². The summed E-state index contributed by atoms with van der Waals surface area (Å²) in [4.78, 5) is 16.0. The number of fused-ring (bicyclic) bond motifs is 1. The van der Waals surface area contributed by atoms with Crippen molar-refractivity contribution in [3.8, 4) is 5.75 Å². The van der Waals surface area contributed by atoms with E-state index in [0.29, 0.717) is 5.92 Å². The largest absolute Gasteiger partial charge is 0.493 e. The molecule has 2 heterocycles. The predicted octanol–water partition coefficient (Wildman–Crippen LogP) is 4.43. The Kier molecular flexibility index (Phi) is 5.77. The molecule has 1 aromatic heterocycles. The summed E-state index contributed by atoms with van der Waals surface area (Å²) in [6, 6.07) is 16.0. The number of rotatable bonds is 6. The average Bonchev–Trinajstić information content (AvgIpc) is 2.75. The van der Waals surface area contributed by atoms with Gasteiger partial charge in [0, 0.05) is 35.4 Å². The summed E-state index contributed by atoms with van der Waals surface area (Å²) in [6.07, 6.45) is 3.82. The monoisotopic (exact) mass is 377 g/mol. The van der Waals surface area contributed by atoms with Crippen LogP contribution in [-0.4, -0.2) is 24.8 Å². The second-order valence-corrected chi connectivity index (χ2v) is 7.62. The van der Waals surface area contributed by atoms with Crippen molar-refractivity contribution in [3.63, 3.8) is 0 Å². The van der Waals surface area contributed by atoms with Crippen molar-refractivity contribution in [2.75, 3.05) is 19.8 Å². The van der Waals surface area contributed by atoms with Gasteiger partial charge in [0.15, 0.2) is 5.43 Å². The smallest absolute Gasteiger partial charge is 0.192 e. The van der Waals surface area contributed by atoms with E-state index in [2.05, 4.69) is 17.1 Å². The van der Waals surface area contributed by atoms with Crippen molar-refractivity contribution in [3.05, 3.63) is 75.6 Å². The van der Waals surface area contributed by atoms with E-state index in [1.807, 2.05) is 43.3 Å². The van der Waals surface area contributed by atoms with E-state index in [9.17, 15) is 4.79 Å². The zero-order valence-corrected chi connectivity index (χ0v) is 16.4. The Morgan fingerprint density at radius 3 is 2.75 bits per heavy atom. The standard InChI is InChI=1S/C24H27NO3/c1-17-22(25-23-8-3-2-7-21(23)24(17)26)10-9-18-5-4-6-20(15-18)28-16-19-11-13-27-14-12-19/h2-8,15,19H,9-14,16H2,1H3,(H,25,26). The van der Waals surface area contributed by atoms with Crippen LogP contribution in [0.1, 0.15) is 29.7 Å².